The van der Waals surface area contributed by atoms with Crippen LogP contribution in [-0.4, -0.2) is 49.2 Å². The lowest BCUT2D eigenvalue weighted by atomic mass is 10.2. The second kappa shape index (κ2) is 11.6. The van der Waals surface area contributed by atoms with Crippen molar-refractivity contribution in [3.05, 3.63) is 35.9 Å². The molecule has 1 rings (SSSR count). The van der Waals surface area contributed by atoms with Gasteiger partial charge in [-0.15, -0.1) is 6.42 Å². The summed E-state index contributed by atoms with van der Waals surface area (Å²) < 4.78 is 10.6. The molecular formula is C20H27N3O5. The van der Waals surface area contributed by atoms with E-state index in [2.05, 4.69) is 21.9 Å². The molecule has 0 aliphatic rings. The zero-order valence-corrected chi connectivity index (χ0v) is 16.4. The third-order valence-electron chi connectivity index (χ3n) is 3.20. The normalized spacial score (nSPS) is 11.6. The van der Waals surface area contributed by atoms with Crippen LogP contribution in [0.1, 0.15) is 26.3 Å². The molecule has 0 heterocycles. The molecule has 8 heteroatoms. The predicted octanol–water partition coefficient (Wildman–Crippen LogP) is 0.962. The average molecular weight is 389 g/mol. The summed E-state index contributed by atoms with van der Waals surface area (Å²) in [6.45, 7) is 5.05. The fraction of sp³-hybridized carbons (Fsp3) is 0.450. The van der Waals surface area contributed by atoms with E-state index in [1.807, 2.05) is 30.3 Å². The summed E-state index contributed by atoms with van der Waals surface area (Å²) in [5, 5.41) is 7.35. The van der Waals surface area contributed by atoms with E-state index in [-0.39, 0.29) is 26.3 Å². The third kappa shape index (κ3) is 10.2. The highest BCUT2D eigenvalue weighted by Crippen LogP contribution is 2.06. The lowest BCUT2D eigenvalue weighted by Gasteiger charge is -2.20. The first-order valence-corrected chi connectivity index (χ1v) is 8.80. The van der Waals surface area contributed by atoms with Crippen LogP contribution >= 0.6 is 0 Å². The number of ether oxygens (including phenoxy) is 2. The fourth-order valence-corrected chi connectivity index (χ4v) is 2.03. The monoisotopic (exact) mass is 389 g/mol. The van der Waals surface area contributed by atoms with Gasteiger partial charge < -0.3 is 25.4 Å². The van der Waals surface area contributed by atoms with Gasteiger partial charge >= 0.3 is 6.09 Å². The Labute approximate surface area is 165 Å². The molecule has 0 saturated carbocycles. The summed E-state index contributed by atoms with van der Waals surface area (Å²) in [6, 6.07) is 8.45. The van der Waals surface area contributed by atoms with Gasteiger partial charge in [0.1, 0.15) is 18.2 Å². The van der Waals surface area contributed by atoms with Gasteiger partial charge in [-0.1, -0.05) is 36.3 Å². The predicted molar refractivity (Wildman–Crippen MR) is 104 cm³/mol. The Morgan fingerprint density at radius 2 is 1.82 bits per heavy atom. The smallest absolute Gasteiger partial charge is 0.408 e. The largest absolute Gasteiger partial charge is 0.444 e. The minimum absolute atomic E-state index is 0.0278. The lowest BCUT2D eigenvalue weighted by molar-refractivity contribution is -0.130. The maximum atomic E-state index is 12.2. The Morgan fingerprint density at radius 1 is 1.14 bits per heavy atom. The first-order valence-electron chi connectivity index (χ1n) is 8.80. The Kier molecular flexibility index (Phi) is 9.54. The number of alkyl carbamates (subject to hydrolysis) is 1. The molecule has 1 atom stereocenters. The van der Waals surface area contributed by atoms with Gasteiger partial charge in [0.2, 0.25) is 11.8 Å². The maximum absolute atomic E-state index is 12.2. The molecular weight excluding hydrogens is 362 g/mol. The summed E-state index contributed by atoms with van der Waals surface area (Å²) in [7, 11) is 0. The van der Waals surface area contributed by atoms with Crippen molar-refractivity contribution in [2.24, 2.45) is 0 Å². The van der Waals surface area contributed by atoms with E-state index in [1.54, 1.807) is 20.8 Å². The van der Waals surface area contributed by atoms with Gasteiger partial charge in [-0.05, 0) is 26.3 Å². The number of rotatable bonds is 9. The van der Waals surface area contributed by atoms with E-state index < -0.39 is 29.6 Å². The highest BCUT2D eigenvalue weighted by atomic mass is 16.6. The third-order valence-corrected chi connectivity index (χ3v) is 3.20. The second-order valence-electron chi connectivity index (χ2n) is 6.90. The fourth-order valence-electron chi connectivity index (χ4n) is 2.03. The number of benzene rings is 1. The van der Waals surface area contributed by atoms with E-state index in [0.717, 1.165) is 5.56 Å². The summed E-state index contributed by atoms with van der Waals surface area (Å²) in [5.41, 5.74) is 0.256. The molecule has 0 aliphatic carbocycles. The summed E-state index contributed by atoms with van der Waals surface area (Å²) in [5.74, 6) is 1.26. The van der Waals surface area contributed by atoms with E-state index >= 15 is 0 Å². The highest BCUT2D eigenvalue weighted by Gasteiger charge is 2.22. The molecule has 0 fully saturated rings. The molecule has 152 valence electrons. The molecule has 0 unspecified atom stereocenters. The van der Waals surface area contributed by atoms with Gasteiger partial charge in [0.25, 0.3) is 0 Å². The maximum Gasteiger partial charge on any atom is 0.408 e. The van der Waals surface area contributed by atoms with Crippen molar-refractivity contribution in [3.63, 3.8) is 0 Å². The van der Waals surface area contributed by atoms with Crippen LogP contribution in [0.4, 0.5) is 4.79 Å². The SMILES string of the molecule is C#CCNC(=O)[C@H](COCc1ccccc1)NC(=O)CNC(=O)OC(C)(C)C. The summed E-state index contributed by atoms with van der Waals surface area (Å²) >= 11 is 0. The summed E-state index contributed by atoms with van der Waals surface area (Å²) in [4.78, 5) is 35.9. The average Bonchev–Trinajstić information content (AvgIpc) is 2.63. The van der Waals surface area contributed by atoms with Gasteiger partial charge in [0.05, 0.1) is 19.8 Å². The minimum Gasteiger partial charge on any atom is -0.444 e. The van der Waals surface area contributed by atoms with Crippen molar-refractivity contribution >= 4 is 17.9 Å². The first-order chi connectivity index (χ1) is 13.2. The molecule has 0 aromatic heterocycles. The Bertz CT molecular complexity index is 692. The van der Waals surface area contributed by atoms with Crippen LogP contribution in [0, 0.1) is 12.3 Å². The van der Waals surface area contributed by atoms with Crippen LogP contribution in [0.5, 0.6) is 0 Å². The topological polar surface area (TPSA) is 106 Å². The van der Waals surface area contributed by atoms with E-state index in [9.17, 15) is 14.4 Å². The standard InChI is InChI=1S/C20H27N3O5/c1-5-11-21-18(25)16(14-27-13-15-9-7-6-8-10-15)23-17(24)12-22-19(26)28-20(2,3)4/h1,6-10,16H,11-14H2,2-4H3,(H,21,25)(H,22,26)(H,23,24)/t16-/m0/s1. The lowest BCUT2D eigenvalue weighted by Crippen LogP contribution is -2.52. The van der Waals surface area contributed by atoms with Gasteiger partial charge in [0, 0.05) is 0 Å². The van der Waals surface area contributed by atoms with Crippen LogP contribution < -0.4 is 16.0 Å². The quantitative estimate of drug-likeness (QED) is 0.546. The number of carbonyl (C=O) groups excluding carboxylic acids is 3. The molecule has 0 bridgehead atoms. The van der Waals surface area contributed by atoms with Crippen molar-refractivity contribution < 1.29 is 23.9 Å². The van der Waals surface area contributed by atoms with Crippen molar-refractivity contribution in [1.29, 1.82) is 0 Å². The number of terminal acetylenes is 1. The Hall–Kier alpha value is -3.05. The molecule has 3 N–H and O–H groups in total. The van der Waals surface area contributed by atoms with Crippen LogP contribution in [0.25, 0.3) is 0 Å². The second-order valence-corrected chi connectivity index (χ2v) is 6.90. The number of nitrogens with one attached hydrogen (secondary N) is 3. The molecule has 28 heavy (non-hydrogen) atoms. The number of hydrogen-bond acceptors (Lipinski definition) is 5. The molecule has 0 spiro atoms. The van der Waals surface area contributed by atoms with E-state index in [1.165, 1.54) is 0 Å². The van der Waals surface area contributed by atoms with Crippen LogP contribution in [0.3, 0.4) is 0 Å². The van der Waals surface area contributed by atoms with E-state index in [4.69, 9.17) is 15.9 Å². The minimum atomic E-state index is -0.954. The first kappa shape index (κ1) is 23.0. The zero-order valence-electron chi connectivity index (χ0n) is 16.4. The van der Waals surface area contributed by atoms with Crippen molar-refractivity contribution in [3.8, 4) is 12.3 Å². The Balaban J connectivity index is 2.53. The zero-order chi connectivity index (χ0) is 21.0. The number of hydrogen-bond donors (Lipinski definition) is 3. The molecule has 8 nitrogen and oxygen atoms in total. The summed E-state index contributed by atoms with van der Waals surface area (Å²) in [6.07, 6.45) is 4.42. The van der Waals surface area contributed by atoms with E-state index in [0.29, 0.717) is 0 Å². The number of carbonyl (C=O) groups is 3. The van der Waals surface area contributed by atoms with Gasteiger partial charge in [-0.3, -0.25) is 9.59 Å². The number of amides is 3. The van der Waals surface area contributed by atoms with Gasteiger partial charge in [-0.2, -0.15) is 0 Å². The molecule has 0 saturated heterocycles. The van der Waals surface area contributed by atoms with Crippen LogP contribution in [-0.2, 0) is 25.7 Å². The highest BCUT2D eigenvalue weighted by molar-refractivity contribution is 5.89. The van der Waals surface area contributed by atoms with Crippen molar-refractivity contribution in [1.82, 2.24) is 16.0 Å². The van der Waals surface area contributed by atoms with Crippen LogP contribution in [0.15, 0.2) is 30.3 Å². The van der Waals surface area contributed by atoms with Crippen LogP contribution in [0.2, 0.25) is 0 Å². The van der Waals surface area contributed by atoms with Gasteiger partial charge in [-0.25, -0.2) is 4.79 Å². The molecule has 0 radical (unpaired) electrons. The van der Waals surface area contributed by atoms with Gasteiger partial charge in [0.15, 0.2) is 0 Å². The molecule has 3 amide bonds. The van der Waals surface area contributed by atoms with Crippen molar-refractivity contribution in [2.75, 3.05) is 19.7 Å². The molecule has 0 aliphatic heterocycles. The Morgan fingerprint density at radius 3 is 2.43 bits per heavy atom. The molecule has 1 aromatic carbocycles. The van der Waals surface area contributed by atoms with Crippen molar-refractivity contribution in [2.45, 2.75) is 39.0 Å². The molecule has 1 aromatic rings.